The van der Waals surface area contributed by atoms with Gasteiger partial charge >= 0.3 is 0 Å². The van der Waals surface area contributed by atoms with Crippen LogP contribution in [0.2, 0.25) is 0 Å². The van der Waals surface area contributed by atoms with Gasteiger partial charge in [0.1, 0.15) is 0 Å². The van der Waals surface area contributed by atoms with Gasteiger partial charge in [0.25, 0.3) is 0 Å². The molecule has 0 radical (unpaired) electrons. The summed E-state index contributed by atoms with van der Waals surface area (Å²) >= 11 is 0. The Balaban J connectivity index is 2.18. The van der Waals surface area contributed by atoms with Crippen LogP contribution in [0.5, 0.6) is 0 Å². The molecule has 1 aromatic carbocycles. The van der Waals surface area contributed by atoms with Crippen LogP contribution in [0.4, 0.5) is 0 Å². The minimum atomic E-state index is 0.324. The number of aryl methyl sites for hydroxylation is 2. The third kappa shape index (κ3) is 2.74. The van der Waals surface area contributed by atoms with Crippen molar-refractivity contribution in [2.75, 3.05) is 7.05 Å². The van der Waals surface area contributed by atoms with Crippen LogP contribution >= 0.6 is 0 Å². The Kier molecular flexibility index (Phi) is 3.59. The lowest BCUT2D eigenvalue weighted by Gasteiger charge is -2.15. The van der Waals surface area contributed by atoms with E-state index in [1.54, 1.807) is 0 Å². The SMILES string of the molecule is CNC(Cc1ccccc1C)c1cnn(C)c1. The number of nitrogens with one attached hydrogen (secondary N) is 1. The van der Waals surface area contributed by atoms with Crippen molar-refractivity contribution in [3.05, 3.63) is 53.3 Å². The highest BCUT2D eigenvalue weighted by atomic mass is 15.2. The molecule has 1 aromatic heterocycles. The van der Waals surface area contributed by atoms with Gasteiger partial charge in [0.15, 0.2) is 0 Å². The number of hydrogen-bond donors (Lipinski definition) is 1. The second-order valence-electron chi connectivity index (χ2n) is 4.42. The van der Waals surface area contributed by atoms with Crippen molar-refractivity contribution in [2.24, 2.45) is 7.05 Å². The second kappa shape index (κ2) is 5.15. The van der Waals surface area contributed by atoms with Gasteiger partial charge in [-0.2, -0.15) is 5.10 Å². The zero-order chi connectivity index (χ0) is 12.3. The lowest BCUT2D eigenvalue weighted by atomic mass is 9.98. The molecule has 0 spiro atoms. The summed E-state index contributed by atoms with van der Waals surface area (Å²) in [5.74, 6) is 0. The van der Waals surface area contributed by atoms with Crippen LogP contribution in [-0.2, 0) is 13.5 Å². The maximum Gasteiger partial charge on any atom is 0.0537 e. The molecular formula is C14H19N3. The molecule has 17 heavy (non-hydrogen) atoms. The summed E-state index contributed by atoms with van der Waals surface area (Å²) in [5.41, 5.74) is 3.96. The summed E-state index contributed by atoms with van der Waals surface area (Å²) in [6.07, 6.45) is 4.99. The smallest absolute Gasteiger partial charge is 0.0537 e. The molecule has 2 aromatic rings. The molecule has 0 aliphatic heterocycles. The highest BCUT2D eigenvalue weighted by Crippen LogP contribution is 2.19. The molecule has 0 amide bonds. The van der Waals surface area contributed by atoms with Crippen molar-refractivity contribution in [3.63, 3.8) is 0 Å². The first kappa shape index (κ1) is 11.9. The lowest BCUT2D eigenvalue weighted by molar-refractivity contribution is 0.590. The molecule has 2 rings (SSSR count). The Hall–Kier alpha value is -1.61. The molecule has 1 heterocycles. The summed E-state index contributed by atoms with van der Waals surface area (Å²) in [7, 11) is 3.94. The zero-order valence-electron chi connectivity index (χ0n) is 10.6. The molecular weight excluding hydrogens is 210 g/mol. The molecule has 3 nitrogen and oxygen atoms in total. The topological polar surface area (TPSA) is 29.9 Å². The quantitative estimate of drug-likeness (QED) is 0.871. The van der Waals surface area contributed by atoms with E-state index in [4.69, 9.17) is 0 Å². The summed E-state index contributed by atoms with van der Waals surface area (Å²) < 4.78 is 1.84. The van der Waals surface area contributed by atoms with E-state index in [0.29, 0.717) is 6.04 Å². The van der Waals surface area contributed by atoms with Crippen molar-refractivity contribution in [1.29, 1.82) is 0 Å². The number of likely N-dealkylation sites (N-methyl/N-ethyl adjacent to an activating group) is 1. The molecule has 0 saturated carbocycles. The van der Waals surface area contributed by atoms with E-state index >= 15 is 0 Å². The van der Waals surface area contributed by atoms with Gasteiger partial charge in [0.05, 0.1) is 6.20 Å². The molecule has 1 N–H and O–H groups in total. The maximum absolute atomic E-state index is 4.23. The third-order valence-corrected chi connectivity index (χ3v) is 3.16. The molecule has 3 heteroatoms. The zero-order valence-corrected chi connectivity index (χ0v) is 10.6. The number of rotatable bonds is 4. The van der Waals surface area contributed by atoms with Crippen molar-refractivity contribution in [3.8, 4) is 0 Å². The highest BCUT2D eigenvalue weighted by Gasteiger charge is 2.12. The van der Waals surface area contributed by atoms with Gasteiger partial charge in [0.2, 0.25) is 0 Å². The van der Waals surface area contributed by atoms with Crippen molar-refractivity contribution >= 4 is 0 Å². The largest absolute Gasteiger partial charge is 0.313 e. The van der Waals surface area contributed by atoms with Crippen molar-refractivity contribution in [2.45, 2.75) is 19.4 Å². The lowest BCUT2D eigenvalue weighted by Crippen LogP contribution is -2.18. The van der Waals surface area contributed by atoms with Crippen LogP contribution in [-0.4, -0.2) is 16.8 Å². The minimum absolute atomic E-state index is 0.324. The third-order valence-electron chi connectivity index (χ3n) is 3.16. The summed E-state index contributed by atoms with van der Waals surface area (Å²) in [6.45, 7) is 2.16. The van der Waals surface area contributed by atoms with Gasteiger partial charge in [-0.15, -0.1) is 0 Å². The van der Waals surface area contributed by atoms with E-state index in [9.17, 15) is 0 Å². The normalized spacial score (nSPS) is 12.6. The maximum atomic E-state index is 4.23. The molecule has 0 bridgehead atoms. The van der Waals surface area contributed by atoms with Gasteiger partial charge in [0, 0.05) is 24.8 Å². The average Bonchev–Trinajstić information content (AvgIpc) is 2.75. The van der Waals surface area contributed by atoms with E-state index in [-0.39, 0.29) is 0 Å². The van der Waals surface area contributed by atoms with E-state index in [2.05, 4.69) is 47.8 Å². The van der Waals surface area contributed by atoms with Crippen LogP contribution in [0.25, 0.3) is 0 Å². The van der Waals surface area contributed by atoms with Gasteiger partial charge in [-0.05, 0) is 31.5 Å². The summed E-state index contributed by atoms with van der Waals surface area (Å²) in [5, 5.41) is 7.58. The first-order valence-electron chi connectivity index (χ1n) is 5.91. The van der Waals surface area contributed by atoms with Gasteiger partial charge in [-0.3, -0.25) is 4.68 Å². The van der Waals surface area contributed by atoms with Crippen LogP contribution in [0.1, 0.15) is 22.7 Å². The first-order chi connectivity index (χ1) is 8.20. The fraction of sp³-hybridized carbons (Fsp3) is 0.357. The van der Waals surface area contributed by atoms with Gasteiger partial charge in [-0.1, -0.05) is 24.3 Å². The molecule has 0 aliphatic rings. The highest BCUT2D eigenvalue weighted by molar-refractivity contribution is 5.28. The van der Waals surface area contributed by atoms with E-state index < -0.39 is 0 Å². The van der Waals surface area contributed by atoms with E-state index in [1.165, 1.54) is 16.7 Å². The van der Waals surface area contributed by atoms with E-state index in [1.807, 2.05) is 25.0 Å². The van der Waals surface area contributed by atoms with Crippen LogP contribution in [0, 0.1) is 6.92 Å². The van der Waals surface area contributed by atoms with Crippen LogP contribution in [0.3, 0.4) is 0 Å². The predicted molar refractivity (Wildman–Crippen MR) is 69.9 cm³/mol. The molecule has 0 fully saturated rings. The molecule has 0 aliphatic carbocycles. The summed E-state index contributed by atoms with van der Waals surface area (Å²) in [4.78, 5) is 0. The number of aromatic nitrogens is 2. The predicted octanol–water partition coefficient (Wildman–Crippen LogP) is 2.23. The van der Waals surface area contributed by atoms with Crippen molar-refractivity contribution in [1.82, 2.24) is 15.1 Å². The van der Waals surface area contributed by atoms with Crippen molar-refractivity contribution < 1.29 is 0 Å². The first-order valence-corrected chi connectivity index (χ1v) is 5.91. The molecule has 1 atom stereocenters. The average molecular weight is 229 g/mol. The Morgan fingerprint density at radius 2 is 2.12 bits per heavy atom. The van der Waals surface area contributed by atoms with Gasteiger partial charge in [-0.25, -0.2) is 0 Å². The Labute approximate surface area is 102 Å². The molecule has 90 valence electrons. The summed E-state index contributed by atoms with van der Waals surface area (Å²) in [6, 6.07) is 8.85. The van der Waals surface area contributed by atoms with Crippen LogP contribution < -0.4 is 5.32 Å². The van der Waals surface area contributed by atoms with Gasteiger partial charge < -0.3 is 5.32 Å². The Morgan fingerprint density at radius 1 is 1.35 bits per heavy atom. The molecule has 0 saturated heterocycles. The minimum Gasteiger partial charge on any atom is -0.313 e. The number of benzene rings is 1. The van der Waals surface area contributed by atoms with Crippen LogP contribution in [0.15, 0.2) is 36.7 Å². The molecule has 1 unspecified atom stereocenters. The Morgan fingerprint density at radius 3 is 2.71 bits per heavy atom. The number of nitrogens with zero attached hydrogens (tertiary/aromatic N) is 2. The standard InChI is InChI=1S/C14H19N3/c1-11-6-4-5-7-12(11)8-14(15-2)13-9-16-17(3)10-13/h4-7,9-10,14-15H,8H2,1-3H3. The number of hydrogen-bond acceptors (Lipinski definition) is 2. The van der Waals surface area contributed by atoms with E-state index in [0.717, 1.165) is 6.42 Å². The Bertz CT molecular complexity index is 488. The second-order valence-corrected chi connectivity index (χ2v) is 4.42. The fourth-order valence-electron chi connectivity index (χ4n) is 2.07. The fourth-order valence-corrected chi connectivity index (χ4v) is 2.07. The monoisotopic (exact) mass is 229 g/mol.